The number of aryl methyl sites for hydroxylation is 1. The highest BCUT2D eigenvalue weighted by atomic mass is 35.5. The zero-order chi connectivity index (χ0) is 26.4. The van der Waals surface area contributed by atoms with Crippen molar-refractivity contribution in [3.63, 3.8) is 0 Å². The Hall–Kier alpha value is -3.22. The van der Waals surface area contributed by atoms with E-state index < -0.39 is 22.0 Å². The number of carboxylic acids is 1. The molecule has 3 heterocycles. The lowest BCUT2D eigenvalue weighted by atomic mass is 10.0. The second-order valence-corrected chi connectivity index (χ2v) is 11.2. The number of hydrogen-bond donors (Lipinski definition) is 2. The van der Waals surface area contributed by atoms with E-state index in [0.717, 1.165) is 5.56 Å². The first-order valence-corrected chi connectivity index (χ1v) is 13.5. The number of carboxylic acid groups (broad SMARTS) is 1. The van der Waals surface area contributed by atoms with Crippen LogP contribution in [0.3, 0.4) is 0 Å². The SMILES string of the molecule is Cc1cc([C@H](C)Nc2ccc(Cl)nc2C(=O)O)c2nc(N3CCN(S(C)(=O)=O)CC3)n(C)c(=O)c2c1. The molecule has 3 aromatic rings. The van der Waals surface area contributed by atoms with Gasteiger partial charge in [0.25, 0.3) is 5.56 Å². The van der Waals surface area contributed by atoms with Crippen molar-refractivity contribution in [1.29, 1.82) is 0 Å². The highest BCUT2D eigenvalue weighted by Gasteiger charge is 2.27. The van der Waals surface area contributed by atoms with E-state index in [2.05, 4.69) is 10.3 Å². The first kappa shape index (κ1) is 25.9. The standard InChI is InChI=1S/C23H27ClN6O5S/c1-13-11-15(14(2)25-17-5-6-18(24)26-20(17)22(32)33)19-16(12-13)21(31)28(3)23(27-19)29-7-9-30(10-8-29)36(4,34)35/h5-6,11-12,14,25H,7-10H2,1-4H3,(H,32,33)/t14-/m0/s1. The Balaban J connectivity index is 1.76. The molecular formula is C23H27ClN6O5S. The highest BCUT2D eigenvalue weighted by molar-refractivity contribution is 7.88. The number of rotatable bonds is 6. The van der Waals surface area contributed by atoms with Gasteiger partial charge in [-0.3, -0.25) is 9.36 Å². The van der Waals surface area contributed by atoms with Crippen LogP contribution < -0.4 is 15.8 Å². The Bertz CT molecular complexity index is 1520. The lowest BCUT2D eigenvalue weighted by Crippen LogP contribution is -2.49. The summed E-state index contributed by atoms with van der Waals surface area (Å²) in [7, 11) is -1.65. The van der Waals surface area contributed by atoms with Crippen molar-refractivity contribution in [3.8, 4) is 0 Å². The monoisotopic (exact) mass is 534 g/mol. The van der Waals surface area contributed by atoms with Crippen LogP contribution in [0.5, 0.6) is 0 Å². The minimum Gasteiger partial charge on any atom is -0.476 e. The number of nitrogens with one attached hydrogen (secondary N) is 1. The molecule has 1 aliphatic rings. The molecular weight excluding hydrogens is 508 g/mol. The van der Waals surface area contributed by atoms with Crippen LogP contribution in [0.1, 0.15) is 34.6 Å². The Morgan fingerprint density at radius 1 is 1.17 bits per heavy atom. The number of fused-ring (bicyclic) bond motifs is 1. The van der Waals surface area contributed by atoms with Gasteiger partial charge in [-0.15, -0.1) is 0 Å². The number of piperazine rings is 1. The molecule has 0 amide bonds. The molecule has 11 nitrogen and oxygen atoms in total. The van der Waals surface area contributed by atoms with Gasteiger partial charge >= 0.3 is 5.97 Å². The molecule has 1 atom stereocenters. The summed E-state index contributed by atoms with van der Waals surface area (Å²) in [6.07, 6.45) is 1.18. The third kappa shape index (κ3) is 5.01. The molecule has 36 heavy (non-hydrogen) atoms. The predicted molar refractivity (Wildman–Crippen MR) is 139 cm³/mol. The zero-order valence-corrected chi connectivity index (χ0v) is 21.9. The predicted octanol–water partition coefficient (Wildman–Crippen LogP) is 2.24. The van der Waals surface area contributed by atoms with Crippen LogP contribution in [0, 0.1) is 6.92 Å². The average molecular weight is 535 g/mol. The van der Waals surface area contributed by atoms with Crippen molar-refractivity contribution < 1.29 is 18.3 Å². The molecule has 0 unspecified atom stereocenters. The van der Waals surface area contributed by atoms with Gasteiger partial charge in [0.15, 0.2) is 5.69 Å². The number of pyridine rings is 1. The second kappa shape index (κ2) is 9.68. The molecule has 1 saturated heterocycles. The van der Waals surface area contributed by atoms with Gasteiger partial charge in [-0.25, -0.2) is 23.2 Å². The van der Waals surface area contributed by atoms with Gasteiger partial charge in [-0.1, -0.05) is 17.7 Å². The van der Waals surface area contributed by atoms with Crippen LogP contribution in [0.2, 0.25) is 5.15 Å². The van der Waals surface area contributed by atoms with E-state index in [1.165, 1.54) is 21.2 Å². The summed E-state index contributed by atoms with van der Waals surface area (Å²) in [6.45, 7) is 5.11. The van der Waals surface area contributed by atoms with Crippen molar-refractivity contribution in [2.75, 3.05) is 42.7 Å². The van der Waals surface area contributed by atoms with Gasteiger partial charge in [-0.2, -0.15) is 4.31 Å². The number of halogens is 1. The third-order valence-corrected chi connectivity index (χ3v) is 7.74. The maximum Gasteiger partial charge on any atom is 0.356 e. The minimum atomic E-state index is -3.30. The van der Waals surface area contributed by atoms with Gasteiger partial charge in [0.05, 0.1) is 28.9 Å². The van der Waals surface area contributed by atoms with E-state index in [-0.39, 0.29) is 22.1 Å². The van der Waals surface area contributed by atoms with Crippen molar-refractivity contribution >= 4 is 50.1 Å². The molecule has 2 N–H and O–H groups in total. The maximum absolute atomic E-state index is 13.3. The molecule has 0 radical (unpaired) electrons. The van der Waals surface area contributed by atoms with Gasteiger partial charge in [0, 0.05) is 38.8 Å². The zero-order valence-electron chi connectivity index (χ0n) is 20.3. The number of hydrogen-bond acceptors (Lipinski definition) is 8. The summed E-state index contributed by atoms with van der Waals surface area (Å²) in [5.74, 6) is -0.777. The molecule has 1 fully saturated rings. The number of aromatic carboxylic acids is 1. The molecule has 13 heteroatoms. The molecule has 192 valence electrons. The summed E-state index contributed by atoms with van der Waals surface area (Å²) >= 11 is 5.88. The molecule has 0 aliphatic carbocycles. The van der Waals surface area contributed by atoms with Gasteiger partial charge in [-0.05, 0) is 37.6 Å². The Morgan fingerprint density at radius 3 is 2.44 bits per heavy atom. The second-order valence-electron chi connectivity index (χ2n) is 8.88. The van der Waals surface area contributed by atoms with Crippen LogP contribution in [0.4, 0.5) is 11.6 Å². The fourth-order valence-corrected chi connectivity index (χ4v) is 5.37. The van der Waals surface area contributed by atoms with Crippen LogP contribution in [-0.2, 0) is 17.1 Å². The number of benzene rings is 1. The van der Waals surface area contributed by atoms with E-state index >= 15 is 0 Å². The summed E-state index contributed by atoms with van der Waals surface area (Å²) in [6, 6.07) is 6.30. The fourth-order valence-electron chi connectivity index (χ4n) is 4.40. The third-order valence-electron chi connectivity index (χ3n) is 6.22. The minimum absolute atomic E-state index is 0.0670. The normalized spacial score (nSPS) is 15.8. The maximum atomic E-state index is 13.3. The molecule has 0 saturated carbocycles. The average Bonchev–Trinajstić information content (AvgIpc) is 2.81. The van der Waals surface area contributed by atoms with Crippen molar-refractivity contribution in [1.82, 2.24) is 18.8 Å². The Morgan fingerprint density at radius 2 is 1.83 bits per heavy atom. The molecule has 0 spiro atoms. The van der Waals surface area contributed by atoms with E-state index in [9.17, 15) is 23.1 Å². The van der Waals surface area contributed by atoms with Crippen LogP contribution in [0.25, 0.3) is 10.9 Å². The van der Waals surface area contributed by atoms with Crippen molar-refractivity contribution in [2.45, 2.75) is 19.9 Å². The van der Waals surface area contributed by atoms with Crippen LogP contribution in [0.15, 0.2) is 29.1 Å². The lowest BCUT2D eigenvalue weighted by molar-refractivity contribution is 0.0691. The lowest BCUT2D eigenvalue weighted by Gasteiger charge is -2.34. The van der Waals surface area contributed by atoms with Crippen molar-refractivity contribution in [3.05, 3.63) is 56.6 Å². The molecule has 2 aromatic heterocycles. The van der Waals surface area contributed by atoms with E-state index in [1.54, 1.807) is 19.2 Å². The molecule has 4 rings (SSSR count). The summed E-state index contributed by atoms with van der Waals surface area (Å²) < 4.78 is 26.7. The summed E-state index contributed by atoms with van der Waals surface area (Å²) in [4.78, 5) is 35.7. The molecule has 1 aliphatic heterocycles. The topological polar surface area (TPSA) is 138 Å². The van der Waals surface area contributed by atoms with Gasteiger partial charge in [0.1, 0.15) is 5.15 Å². The van der Waals surface area contributed by atoms with E-state index in [0.29, 0.717) is 48.6 Å². The highest BCUT2D eigenvalue weighted by Crippen LogP contribution is 2.29. The summed E-state index contributed by atoms with van der Waals surface area (Å²) in [5.41, 5.74) is 1.91. The smallest absolute Gasteiger partial charge is 0.356 e. The quantitative estimate of drug-likeness (QED) is 0.456. The van der Waals surface area contributed by atoms with Crippen LogP contribution in [-0.4, -0.2) is 70.8 Å². The first-order valence-electron chi connectivity index (χ1n) is 11.2. The Kier molecular flexibility index (Phi) is 6.95. The number of anilines is 2. The number of nitrogens with zero attached hydrogens (tertiary/aromatic N) is 5. The number of sulfonamides is 1. The molecule has 0 bridgehead atoms. The van der Waals surface area contributed by atoms with E-state index in [1.807, 2.05) is 24.8 Å². The van der Waals surface area contributed by atoms with Crippen LogP contribution >= 0.6 is 11.6 Å². The van der Waals surface area contributed by atoms with Crippen molar-refractivity contribution in [2.24, 2.45) is 7.05 Å². The fraction of sp³-hybridized carbons (Fsp3) is 0.391. The number of carbonyl (C=O) groups is 1. The first-order chi connectivity index (χ1) is 16.9. The van der Waals surface area contributed by atoms with Gasteiger partial charge < -0.3 is 15.3 Å². The Labute approximate surface area is 213 Å². The van der Waals surface area contributed by atoms with Gasteiger partial charge in [0.2, 0.25) is 16.0 Å². The number of aromatic nitrogens is 3. The molecule has 1 aromatic carbocycles. The van der Waals surface area contributed by atoms with E-state index in [4.69, 9.17) is 16.6 Å². The largest absolute Gasteiger partial charge is 0.476 e. The summed E-state index contributed by atoms with van der Waals surface area (Å²) in [5, 5.41) is 13.2.